The maximum atomic E-state index is 8.99. The van der Waals surface area contributed by atoms with Crippen LogP contribution in [0.5, 0.6) is 5.75 Å². The minimum atomic E-state index is -0.346. The van der Waals surface area contributed by atoms with Crippen LogP contribution in [0.25, 0.3) is 0 Å². The van der Waals surface area contributed by atoms with Gasteiger partial charge in [-0.15, -0.1) is 0 Å². The second-order valence-corrected chi connectivity index (χ2v) is 6.20. The van der Waals surface area contributed by atoms with Crippen molar-refractivity contribution in [1.29, 1.82) is 5.26 Å². The number of hydrogen-bond donors (Lipinski definition) is 1. The first-order chi connectivity index (χ1) is 8.89. The van der Waals surface area contributed by atoms with Crippen molar-refractivity contribution in [3.05, 3.63) is 28.2 Å². The molecule has 0 saturated heterocycles. The SMILES string of the molecule is CNC(C)c1ccc(Br)cc1OCCC(C)(C)C#N. The lowest BCUT2D eigenvalue weighted by atomic mass is 9.92. The molecule has 0 fully saturated rings. The number of hydrogen-bond acceptors (Lipinski definition) is 3. The van der Waals surface area contributed by atoms with E-state index in [1.807, 2.05) is 33.0 Å². The molecule has 19 heavy (non-hydrogen) atoms. The summed E-state index contributed by atoms with van der Waals surface area (Å²) in [5.74, 6) is 0.866. The predicted molar refractivity (Wildman–Crippen MR) is 81.1 cm³/mol. The normalized spacial score (nSPS) is 12.8. The minimum Gasteiger partial charge on any atom is -0.493 e. The largest absolute Gasteiger partial charge is 0.493 e. The van der Waals surface area contributed by atoms with E-state index >= 15 is 0 Å². The van der Waals surface area contributed by atoms with E-state index in [1.165, 1.54) is 0 Å². The molecule has 1 atom stereocenters. The maximum Gasteiger partial charge on any atom is 0.125 e. The third-order valence-electron chi connectivity index (χ3n) is 3.16. The number of nitrogens with one attached hydrogen (secondary N) is 1. The summed E-state index contributed by atoms with van der Waals surface area (Å²) in [6.07, 6.45) is 0.712. The zero-order valence-corrected chi connectivity index (χ0v) is 13.5. The highest BCUT2D eigenvalue weighted by atomic mass is 79.9. The van der Waals surface area contributed by atoms with E-state index < -0.39 is 0 Å². The fourth-order valence-electron chi connectivity index (χ4n) is 1.62. The van der Waals surface area contributed by atoms with Crippen LogP contribution in [0.15, 0.2) is 22.7 Å². The summed E-state index contributed by atoms with van der Waals surface area (Å²) in [5.41, 5.74) is 0.779. The molecule has 0 aliphatic carbocycles. The second kappa shape index (κ2) is 6.93. The van der Waals surface area contributed by atoms with E-state index in [0.29, 0.717) is 13.0 Å². The Balaban J connectivity index is 2.77. The van der Waals surface area contributed by atoms with Crippen LogP contribution in [0.2, 0.25) is 0 Å². The van der Waals surface area contributed by atoms with Gasteiger partial charge in [0, 0.05) is 16.1 Å². The van der Waals surface area contributed by atoms with Crippen LogP contribution in [0.1, 0.15) is 38.8 Å². The van der Waals surface area contributed by atoms with E-state index in [0.717, 1.165) is 15.8 Å². The molecule has 104 valence electrons. The molecule has 0 radical (unpaired) electrons. The molecule has 1 aromatic rings. The van der Waals surface area contributed by atoms with E-state index in [2.05, 4.69) is 40.3 Å². The van der Waals surface area contributed by atoms with Crippen molar-refractivity contribution in [3.63, 3.8) is 0 Å². The van der Waals surface area contributed by atoms with Crippen LogP contribution in [-0.4, -0.2) is 13.7 Å². The molecule has 0 amide bonds. The monoisotopic (exact) mass is 324 g/mol. The Morgan fingerprint density at radius 1 is 1.47 bits per heavy atom. The summed E-state index contributed by atoms with van der Waals surface area (Å²) in [5, 5.41) is 12.2. The molecule has 4 heteroatoms. The fourth-order valence-corrected chi connectivity index (χ4v) is 1.96. The lowest BCUT2D eigenvalue weighted by Crippen LogP contribution is -2.16. The number of halogens is 1. The third-order valence-corrected chi connectivity index (χ3v) is 3.66. The van der Waals surface area contributed by atoms with Crippen molar-refractivity contribution in [2.75, 3.05) is 13.7 Å². The Bertz CT molecular complexity index is 466. The number of ether oxygens (including phenoxy) is 1. The molecule has 0 aliphatic rings. The maximum absolute atomic E-state index is 8.99. The van der Waals surface area contributed by atoms with Gasteiger partial charge < -0.3 is 10.1 Å². The van der Waals surface area contributed by atoms with Crippen molar-refractivity contribution in [2.45, 2.75) is 33.2 Å². The van der Waals surface area contributed by atoms with E-state index in [1.54, 1.807) is 0 Å². The Morgan fingerprint density at radius 2 is 2.16 bits per heavy atom. The van der Waals surface area contributed by atoms with E-state index in [4.69, 9.17) is 10.00 Å². The van der Waals surface area contributed by atoms with Crippen molar-refractivity contribution in [3.8, 4) is 11.8 Å². The second-order valence-electron chi connectivity index (χ2n) is 5.29. The number of nitrogens with zero attached hydrogens (tertiary/aromatic N) is 1. The molecule has 0 saturated carbocycles. The van der Waals surface area contributed by atoms with E-state index in [9.17, 15) is 0 Å². The molecule has 1 rings (SSSR count). The first-order valence-electron chi connectivity index (χ1n) is 6.40. The average Bonchev–Trinajstić information content (AvgIpc) is 2.38. The average molecular weight is 325 g/mol. The molecular formula is C15H21BrN2O. The van der Waals surface area contributed by atoms with Gasteiger partial charge in [-0.25, -0.2) is 0 Å². The minimum absolute atomic E-state index is 0.229. The standard InChI is InChI=1S/C15H21BrN2O/c1-11(18-4)13-6-5-12(16)9-14(13)19-8-7-15(2,3)10-17/h5-6,9,11,18H,7-8H2,1-4H3. The van der Waals surface area contributed by atoms with Gasteiger partial charge in [-0.2, -0.15) is 5.26 Å². The molecule has 0 bridgehead atoms. The summed E-state index contributed by atoms with van der Waals surface area (Å²) in [6.45, 7) is 6.48. The van der Waals surface area contributed by atoms with Gasteiger partial charge in [0.1, 0.15) is 5.75 Å². The lowest BCUT2D eigenvalue weighted by Gasteiger charge is -2.19. The summed E-state index contributed by atoms with van der Waals surface area (Å²) < 4.78 is 6.85. The molecule has 1 unspecified atom stereocenters. The molecule has 1 aromatic carbocycles. The van der Waals surface area contributed by atoms with Gasteiger partial charge in [0.05, 0.1) is 18.1 Å². The summed E-state index contributed by atoms with van der Waals surface area (Å²) >= 11 is 3.46. The Hall–Kier alpha value is -1.05. The Morgan fingerprint density at radius 3 is 2.74 bits per heavy atom. The van der Waals surface area contributed by atoms with E-state index in [-0.39, 0.29) is 11.5 Å². The topological polar surface area (TPSA) is 45.0 Å². The van der Waals surface area contributed by atoms with Gasteiger partial charge in [-0.1, -0.05) is 22.0 Å². The zero-order chi connectivity index (χ0) is 14.5. The van der Waals surface area contributed by atoms with Crippen LogP contribution in [0, 0.1) is 16.7 Å². The van der Waals surface area contributed by atoms with Gasteiger partial charge in [0.15, 0.2) is 0 Å². The Labute approximate surface area is 124 Å². The molecule has 1 N–H and O–H groups in total. The molecular weight excluding hydrogens is 304 g/mol. The lowest BCUT2D eigenvalue weighted by molar-refractivity contribution is 0.260. The zero-order valence-electron chi connectivity index (χ0n) is 12.0. The quantitative estimate of drug-likeness (QED) is 0.858. The summed E-state index contributed by atoms with van der Waals surface area (Å²) in [4.78, 5) is 0. The highest BCUT2D eigenvalue weighted by Gasteiger charge is 2.17. The third kappa shape index (κ3) is 4.85. The van der Waals surface area contributed by atoms with Gasteiger partial charge >= 0.3 is 0 Å². The van der Waals surface area contributed by atoms with Crippen LogP contribution in [0.3, 0.4) is 0 Å². The first-order valence-corrected chi connectivity index (χ1v) is 7.19. The van der Waals surface area contributed by atoms with Crippen LogP contribution in [-0.2, 0) is 0 Å². The van der Waals surface area contributed by atoms with Gasteiger partial charge in [-0.05, 0) is 46.4 Å². The smallest absolute Gasteiger partial charge is 0.125 e. The Kier molecular flexibility index (Phi) is 5.84. The predicted octanol–water partition coefficient (Wildman–Crippen LogP) is 4.05. The molecule has 3 nitrogen and oxygen atoms in total. The van der Waals surface area contributed by atoms with Crippen molar-refractivity contribution in [2.24, 2.45) is 5.41 Å². The van der Waals surface area contributed by atoms with Gasteiger partial charge in [0.2, 0.25) is 0 Å². The van der Waals surface area contributed by atoms with Crippen LogP contribution in [0.4, 0.5) is 0 Å². The molecule has 0 aliphatic heterocycles. The van der Waals surface area contributed by atoms with Gasteiger partial charge in [-0.3, -0.25) is 0 Å². The highest BCUT2D eigenvalue weighted by Crippen LogP contribution is 2.29. The number of rotatable bonds is 6. The first kappa shape index (κ1) is 16.0. The number of benzene rings is 1. The van der Waals surface area contributed by atoms with Crippen molar-refractivity contribution in [1.82, 2.24) is 5.32 Å². The van der Waals surface area contributed by atoms with Crippen molar-refractivity contribution < 1.29 is 4.74 Å². The summed E-state index contributed by atoms with van der Waals surface area (Å²) in [6, 6.07) is 8.55. The fraction of sp³-hybridized carbons (Fsp3) is 0.533. The van der Waals surface area contributed by atoms with Crippen LogP contribution >= 0.6 is 15.9 Å². The van der Waals surface area contributed by atoms with Crippen molar-refractivity contribution >= 4 is 15.9 Å². The molecule has 0 spiro atoms. The number of nitriles is 1. The van der Waals surface area contributed by atoms with Crippen LogP contribution < -0.4 is 10.1 Å². The highest BCUT2D eigenvalue weighted by molar-refractivity contribution is 9.10. The molecule has 0 aromatic heterocycles. The van der Waals surface area contributed by atoms with Gasteiger partial charge in [0.25, 0.3) is 0 Å². The molecule has 0 heterocycles. The summed E-state index contributed by atoms with van der Waals surface area (Å²) in [7, 11) is 1.93.